The van der Waals surface area contributed by atoms with Gasteiger partial charge in [0.1, 0.15) is 11.6 Å². The Morgan fingerprint density at radius 3 is 2.85 bits per heavy atom. The Balaban J connectivity index is 2.38. The molecule has 0 aliphatic heterocycles. The molecule has 0 fully saturated rings. The lowest BCUT2D eigenvalue weighted by Gasteiger charge is -2.20. The smallest absolute Gasteiger partial charge is 0.137 e. The normalized spacial score (nSPS) is 12.6. The van der Waals surface area contributed by atoms with Gasteiger partial charge in [-0.05, 0) is 53.5 Å². The number of halogens is 2. The van der Waals surface area contributed by atoms with E-state index >= 15 is 0 Å². The molecule has 1 heterocycles. The first kappa shape index (κ1) is 15.2. The summed E-state index contributed by atoms with van der Waals surface area (Å²) in [5.41, 5.74) is 1.01. The molecule has 2 rings (SSSR count). The number of hydrogen-bond acceptors (Lipinski definition) is 2. The van der Waals surface area contributed by atoms with Gasteiger partial charge in [-0.25, -0.2) is 9.37 Å². The van der Waals surface area contributed by atoms with Gasteiger partial charge in [0.2, 0.25) is 0 Å². The van der Waals surface area contributed by atoms with Gasteiger partial charge in [0.05, 0.1) is 10.5 Å². The lowest BCUT2D eigenvalue weighted by molar-refractivity contribution is 0.539. The zero-order chi connectivity index (χ0) is 14.5. The fourth-order valence-electron chi connectivity index (χ4n) is 2.19. The van der Waals surface area contributed by atoms with Crippen molar-refractivity contribution in [2.75, 3.05) is 6.54 Å². The summed E-state index contributed by atoms with van der Waals surface area (Å²) in [7, 11) is 0. The van der Waals surface area contributed by atoms with Gasteiger partial charge in [-0.3, -0.25) is 0 Å². The van der Waals surface area contributed by atoms with E-state index in [-0.39, 0.29) is 11.9 Å². The molecule has 0 saturated carbocycles. The fourth-order valence-corrected chi connectivity index (χ4v) is 2.58. The number of hydrogen-bond donors (Lipinski definition) is 1. The highest BCUT2D eigenvalue weighted by Crippen LogP contribution is 2.25. The van der Waals surface area contributed by atoms with Crippen molar-refractivity contribution in [1.82, 2.24) is 14.9 Å². The van der Waals surface area contributed by atoms with E-state index in [0.29, 0.717) is 4.47 Å². The molecular formula is C15H19BrFN3. The molecule has 20 heavy (non-hydrogen) atoms. The van der Waals surface area contributed by atoms with Crippen LogP contribution in [0.1, 0.15) is 37.7 Å². The molecule has 0 radical (unpaired) electrons. The summed E-state index contributed by atoms with van der Waals surface area (Å²) in [6.07, 6.45) is 4.80. The monoisotopic (exact) mass is 339 g/mol. The van der Waals surface area contributed by atoms with E-state index in [0.717, 1.165) is 30.9 Å². The zero-order valence-corrected chi connectivity index (χ0v) is 13.3. The van der Waals surface area contributed by atoms with Crippen molar-refractivity contribution in [3.8, 4) is 0 Å². The summed E-state index contributed by atoms with van der Waals surface area (Å²) in [6.45, 7) is 5.96. The number of nitrogens with one attached hydrogen (secondary N) is 1. The Hall–Kier alpha value is -1.20. The van der Waals surface area contributed by atoms with Crippen LogP contribution in [0.2, 0.25) is 0 Å². The maximum atomic E-state index is 13.4. The first-order valence-electron chi connectivity index (χ1n) is 6.86. The van der Waals surface area contributed by atoms with Gasteiger partial charge in [0.25, 0.3) is 0 Å². The van der Waals surface area contributed by atoms with E-state index in [9.17, 15) is 4.39 Å². The maximum Gasteiger partial charge on any atom is 0.137 e. The molecule has 0 aliphatic carbocycles. The number of benzene rings is 1. The molecule has 1 aromatic heterocycles. The summed E-state index contributed by atoms with van der Waals surface area (Å²) in [6, 6.07) is 5.08. The molecule has 1 N–H and O–H groups in total. The molecule has 0 spiro atoms. The fraction of sp³-hybridized carbons (Fsp3) is 0.400. The second-order valence-electron chi connectivity index (χ2n) is 4.63. The second kappa shape index (κ2) is 6.99. The van der Waals surface area contributed by atoms with Crippen LogP contribution < -0.4 is 5.32 Å². The SMILES string of the molecule is CCCNC(c1ccc(F)c(Br)c1)c1nccn1CC. The minimum absolute atomic E-state index is 0.0261. The van der Waals surface area contributed by atoms with Crippen LogP contribution in [0.3, 0.4) is 0 Å². The van der Waals surface area contributed by atoms with Crippen LogP contribution in [0, 0.1) is 5.82 Å². The van der Waals surface area contributed by atoms with Crippen molar-refractivity contribution < 1.29 is 4.39 Å². The summed E-state index contributed by atoms with van der Waals surface area (Å²) >= 11 is 3.25. The minimum atomic E-state index is -0.248. The second-order valence-corrected chi connectivity index (χ2v) is 5.49. The third kappa shape index (κ3) is 3.27. The van der Waals surface area contributed by atoms with E-state index in [1.165, 1.54) is 6.07 Å². The van der Waals surface area contributed by atoms with Crippen LogP contribution in [0.25, 0.3) is 0 Å². The van der Waals surface area contributed by atoms with Crippen molar-refractivity contribution in [3.63, 3.8) is 0 Å². The third-order valence-corrected chi connectivity index (χ3v) is 3.83. The summed E-state index contributed by atoms with van der Waals surface area (Å²) in [4.78, 5) is 4.46. The Morgan fingerprint density at radius 2 is 2.20 bits per heavy atom. The van der Waals surface area contributed by atoms with Crippen molar-refractivity contribution in [2.24, 2.45) is 0 Å². The van der Waals surface area contributed by atoms with E-state index in [4.69, 9.17) is 0 Å². The van der Waals surface area contributed by atoms with Crippen molar-refractivity contribution in [2.45, 2.75) is 32.9 Å². The average molecular weight is 340 g/mol. The standard InChI is InChI=1S/C15H19BrFN3/c1-3-7-18-14(15-19-8-9-20(15)4-2)11-5-6-13(17)12(16)10-11/h5-6,8-10,14,18H,3-4,7H2,1-2H3. The molecule has 3 nitrogen and oxygen atoms in total. The molecule has 0 aliphatic rings. The first-order valence-corrected chi connectivity index (χ1v) is 7.66. The molecule has 1 aromatic carbocycles. The highest BCUT2D eigenvalue weighted by atomic mass is 79.9. The Morgan fingerprint density at radius 1 is 1.40 bits per heavy atom. The maximum absolute atomic E-state index is 13.4. The number of nitrogens with zero attached hydrogens (tertiary/aromatic N) is 2. The highest BCUT2D eigenvalue weighted by molar-refractivity contribution is 9.10. The Kier molecular flexibility index (Phi) is 5.31. The van der Waals surface area contributed by atoms with Gasteiger partial charge in [0, 0.05) is 18.9 Å². The van der Waals surface area contributed by atoms with Crippen molar-refractivity contribution >= 4 is 15.9 Å². The summed E-state index contributed by atoms with van der Waals surface area (Å²) in [5.74, 6) is 0.710. The van der Waals surface area contributed by atoms with E-state index in [1.54, 1.807) is 6.20 Å². The lowest BCUT2D eigenvalue weighted by atomic mass is 10.1. The number of aromatic nitrogens is 2. The molecule has 1 atom stereocenters. The van der Waals surface area contributed by atoms with Gasteiger partial charge < -0.3 is 9.88 Å². The van der Waals surface area contributed by atoms with Crippen LogP contribution in [0.4, 0.5) is 4.39 Å². The first-order chi connectivity index (χ1) is 9.67. The number of imidazole rings is 1. The van der Waals surface area contributed by atoms with Crippen LogP contribution in [-0.4, -0.2) is 16.1 Å². The molecule has 0 saturated heterocycles. The molecule has 108 valence electrons. The van der Waals surface area contributed by atoms with Crippen LogP contribution in [0.15, 0.2) is 35.1 Å². The molecule has 1 unspecified atom stereocenters. The van der Waals surface area contributed by atoms with Crippen LogP contribution in [-0.2, 0) is 6.54 Å². The van der Waals surface area contributed by atoms with E-state index < -0.39 is 0 Å². The minimum Gasteiger partial charge on any atom is -0.334 e. The molecular weight excluding hydrogens is 321 g/mol. The Labute approximate surface area is 127 Å². The van der Waals surface area contributed by atoms with Crippen LogP contribution >= 0.6 is 15.9 Å². The summed E-state index contributed by atoms with van der Waals surface area (Å²) in [5, 5.41) is 3.48. The van der Waals surface area contributed by atoms with Gasteiger partial charge in [-0.15, -0.1) is 0 Å². The number of rotatable bonds is 6. The van der Waals surface area contributed by atoms with E-state index in [1.807, 2.05) is 18.3 Å². The third-order valence-electron chi connectivity index (χ3n) is 3.22. The number of aryl methyl sites for hydroxylation is 1. The average Bonchev–Trinajstić information content (AvgIpc) is 2.91. The lowest BCUT2D eigenvalue weighted by Crippen LogP contribution is -2.26. The molecule has 2 aromatic rings. The summed E-state index contributed by atoms with van der Waals surface area (Å²) < 4.78 is 16.0. The van der Waals surface area contributed by atoms with Gasteiger partial charge in [0.15, 0.2) is 0 Å². The zero-order valence-electron chi connectivity index (χ0n) is 11.7. The highest BCUT2D eigenvalue weighted by Gasteiger charge is 2.19. The van der Waals surface area contributed by atoms with E-state index in [2.05, 4.69) is 44.6 Å². The largest absolute Gasteiger partial charge is 0.334 e. The molecule has 5 heteroatoms. The van der Waals surface area contributed by atoms with Gasteiger partial charge in [-0.1, -0.05) is 13.0 Å². The van der Waals surface area contributed by atoms with Gasteiger partial charge in [-0.2, -0.15) is 0 Å². The van der Waals surface area contributed by atoms with Crippen molar-refractivity contribution in [3.05, 3.63) is 52.3 Å². The predicted octanol–water partition coefficient (Wildman–Crippen LogP) is 3.89. The molecule has 0 bridgehead atoms. The van der Waals surface area contributed by atoms with Crippen LogP contribution in [0.5, 0.6) is 0 Å². The molecule has 0 amide bonds. The van der Waals surface area contributed by atoms with Crippen molar-refractivity contribution in [1.29, 1.82) is 0 Å². The quantitative estimate of drug-likeness (QED) is 0.865. The topological polar surface area (TPSA) is 29.9 Å². The predicted molar refractivity (Wildman–Crippen MR) is 82.1 cm³/mol. The van der Waals surface area contributed by atoms with Gasteiger partial charge >= 0.3 is 0 Å². The Bertz CT molecular complexity index is 568.